The molecule has 0 saturated heterocycles. The molecule has 0 bridgehead atoms. The summed E-state index contributed by atoms with van der Waals surface area (Å²) in [5.41, 5.74) is 0.485. The summed E-state index contributed by atoms with van der Waals surface area (Å²) in [6.45, 7) is 6.84. The molecule has 0 spiro atoms. The quantitative estimate of drug-likeness (QED) is 0.855. The maximum atomic E-state index is 12.4. The van der Waals surface area contributed by atoms with Crippen molar-refractivity contribution in [3.05, 3.63) is 27.7 Å². The van der Waals surface area contributed by atoms with Gasteiger partial charge in [-0.05, 0) is 44.1 Å². The smallest absolute Gasteiger partial charge is 0.242 e. The summed E-state index contributed by atoms with van der Waals surface area (Å²) in [5.74, 6) is 0. The number of aryl methyl sites for hydroxylation is 1. The van der Waals surface area contributed by atoms with Crippen LogP contribution in [0.2, 0.25) is 10.0 Å². The lowest BCUT2D eigenvalue weighted by molar-refractivity contribution is 0.242. The largest absolute Gasteiger partial charge is 0.309 e. The molecule has 0 aromatic heterocycles. The van der Waals surface area contributed by atoms with E-state index in [1.807, 2.05) is 32.8 Å². The van der Waals surface area contributed by atoms with E-state index in [9.17, 15) is 8.42 Å². The Morgan fingerprint density at radius 1 is 1.19 bits per heavy atom. The Hall–Kier alpha value is -0.330. The van der Waals surface area contributed by atoms with Crippen LogP contribution in [0.25, 0.3) is 0 Å². The van der Waals surface area contributed by atoms with Gasteiger partial charge in [-0.15, -0.1) is 0 Å². The normalized spacial score (nSPS) is 13.0. The lowest BCUT2D eigenvalue weighted by Crippen LogP contribution is -2.40. The molecule has 0 aliphatic rings. The van der Waals surface area contributed by atoms with Crippen molar-refractivity contribution in [3.8, 4) is 0 Å². The summed E-state index contributed by atoms with van der Waals surface area (Å²) in [6, 6.07) is 2.95. The van der Waals surface area contributed by atoms with Gasteiger partial charge in [-0.2, -0.15) is 0 Å². The molecule has 0 fully saturated rings. The first-order chi connectivity index (χ1) is 9.44. The minimum absolute atomic E-state index is 0.0618. The fourth-order valence-corrected chi connectivity index (χ4v) is 4.19. The number of nitrogens with zero attached hydrogens (tertiary/aromatic N) is 1. The van der Waals surface area contributed by atoms with E-state index in [2.05, 4.69) is 4.72 Å². The summed E-state index contributed by atoms with van der Waals surface area (Å²) in [4.78, 5) is 2.08. The molecule has 1 aromatic rings. The first kappa shape index (κ1) is 18.7. The molecular weight excluding hydrogens is 331 g/mol. The summed E-state index contributed by atoms with van der Waals surface area (Å²) < 4.78 is 27.4. The Labute approximate surface area is 137 Å². The van der Waals surface area contributed by atoms with Gasteiger partial charge in [0.05, 0.1) is 5.02 Å². The van der Waals surface area contributed by atoms with E-state index in [0.717, 1.165) is 6.54 Å². The van der Waals surface area contributed by atoms with Gasteiger partial charge < -0.3 is 4.90 Å². The second-order valence-electron chi connectivity index (χ2n) is 6.26. The zero-order valence-electron chi connectivity index (χ0n) is 13.0. The summed E-state index contributed by atoms with van der Waals surface area (Å²) in [6.07, 6.45) is 0. The van der Waals surface area contributed by atoms with E-state index in [-0.39, 0.29) is 15.3 Å². The fourth-order valence-electron chi connectivity index (χ4n) is 2.12. The highest BCUT2D eigenvalue weighted by Gasteiger charge is 2.25. The van der Waals surface area contributed by atoms with Crippen LogP contribution in [0.3, 0.4) is 0 Å². The first-order valence-corrected chi connectivity index (χ1v) is 8.78. The van der Waals surface area contributed by atoms with Crippen molar-refractivity contribution in [2.45, 2.75) is 25.7 Å². The molecule has 0 heterocycles. The second kappa shape index (κ2) is 6.84. The Morgan fingerprint density at radius 2 is 1.76 bits per heavy atom. The maximum absolute atomic E-state index is 12.4. The molecule has 0 aliphatic heterocycles. The van der Waals surface area contributed by atoms with Crippen LogP contribution in [0.5, 0.6) is 0 Å². The zero-order chi connectivity index (χ0) is 16.4. The van der Waals surface area contributed by atoms with Crippen LogP contribution in [0, 0.1) is 12.3 Å². The predicted molar refractivity (Wildman–Crippen MR) is 88.7 cm³/mol. The van der Waals surface area contributed by atoms with Crippen molar-refractivity contribution in [1.82, 2.24) is 9.62 Å². The van der Waals surface area contributed by atoms with Crippen LogP contribution >= 0.6 is 23.2 Å². The Bertz CT molecular complexity index is 614. The van der Waals surface area contributed by atoms with Crippen LogP contribution in [0.1, 0.15) is 19.4 Å². The van der Waals surface area contributed by atoms with Gasteiger partial charge in [-0.1, -0.05) is 37.0 Å². The average Bonchev–Trinajstić information content (AvgIpc) is 2.30. The van der Waals surface area contributed by atoms with Gasteiger partial charge in [0.1, 0.15) is 4.90 Å². The van der Waals surface area contributed by atoms with Gasteiger partial charge in [0.25, 0.3) is 0 Å². The van der Waals surface area contributed by atoms with Gasteiger partial charge in [0.15, 0.2) is 0 Å². The lowest BCUT2D eigenvalue weighted by Gasteiger charge is -2.28. The molecule has 1 N–H and O–H groups in total. The number of sulfonamides is 1. The van der Waals surface area contributed by atoms with Crippen molar-refractivity contribution in [3.63, 3.8) is 0 Å². The molecular formula is C14H22Cl2N2O2S. The second-order valence-corrected chi connectivity index (χ2v) is 8.81. The first-order valence-electron chi connectivity index (χ1n) is 6.55. The topological polar surface area (TPSA) is 49.4 Å². The van der Waals surface area contributed by atoms with E-state index < -0.39 is 10.0 Å². The number of halogens is 2. The van der Waals surface area contributed by atoms with Crippen molar-refractivity contribution in [1.29, 1.82) is 0 Å². The molecule has 0 saturated carbocycles. The van der Waals surface area contributed by atoms with Crippen LogP contribution in [0.15, 0.2) is 17.0 Å². The maximum Gasteiger partial charge on any atom is 0.242 e. The molecule has 120 valence electrons. The molecule has 0 atom stereocenters. The lowest BCUT2D eigenvalue weighted by atomic mass is 9.93. The molecule has 7 heteroatoms. The van der Waals surface area contributed by atoms with E-state index in [0.29, 0.717) is 17.1 Å². The van der Waals surface area contributed by atoms with E-state index in [1.54, 1.807) is 6.92 Å². The van der Waals surface area contributed by atoms with Crippen LogP contribution < -0.4 is 4.72 Å². The van der Waals surface area contributed by atoms with Crippen molar-refractivity contribution >= 4 is 33.2 Å². The Morgan fingerprint density at radius 3 is 2.29 bits per heavy atom. The van der Waals surface area contributed by atoms with Gasteiger partial charge in [-0.25, -0.2) is 13.1 Å². The average molecular weight is 353 g/mol. The third kappa shape index (κ3) is 5.42. The number of hydrogen-bond donors (Lipinski definition) is 1. The summed E-state index contributed by atoms with van der Waals surface area (Å²) >= 11 is 11.9. The number of benzene rings is 1. The molecule has 1 rings (SSSR count). The molecule has 0 aliphatic carbocycles. The summed E-state index contributed by atoms with van der Waals surface area (Å²) in [5, 5.41) is 0.579. The van der Waals surface area contributed by atoms with E-state index in [4.69, 9.17) is 23.2 Å². The van der Waals surface area contributed by atoms with Gasteiger partial charge in [-0.3, -0.25) is 0 Å². The van der Waals surface area contributed by atoms with E-state index >= 15 is 0 Å². The standard InChI is InChI=1S/C14H22Cl2N2O2S/c1-10-6-13(12(16)7-11(10)15)21(19,20)17-8-14(2,3)9-18(4)5/h6-7,17H,8-9H2,1-5H3. The van der Waals surface area contributed by atoms with Crippen molar-refractivity contribution in [2.75, 3.05) is 27.2 Å². The van der Waals surface area contributed by atoms with Crippen LogP contribution in [-0.2, 0) is 10.0 Å². The number of rotatable bonds is 6. The monoisotopic (exact) mass is 352 g/mol. The molecule has 0 radical (unpaired) electrons. The van der Waals surface area contributed by atoms with E-state index in [1.165, 1.54) is 12.1 Å². The molecule has 1 aromatic carbocycles. The third-order valence-corrected chi connectivity index (χ3v) is 5.26. The minimum atomic E-state index is -3.66. The SMILES string of the molecule is Cc1cc(S(=O)(=O)NCC(C)(C)CN(C)C)c(Cl)cc1Cl. The molecule has 21 heavy (non-hydrogen) atoms. The highest BCUT2D eigenvalue weighted by atomic mass is 35.5. The molecule has 4 nitrogen and oxygen atoms in total. The molecule has 0 unspecified atom stereocenters. The van der Waals surface area contributed by atoms with Crippen molar-refractivity contribution in [2.24, 2.45) is 5.41 Å². The number of nitrogens with one attached hydrogen (secondary N) is 1. The van der Waals surface area contributed by atoms with Crippen LogP contribution in [-0.4, -0.2) is 40.5 Å². The Balaban J connectivity index is 2.95. The highest BCUT2D eigenvalue weighted by Crippen LogP contribution is 2.28. The zero-order valence-corrected chi connectivity index (χ0v) is 15.3. The minimum Gasteiger partial charge on any atom is -0.309 e. The van der Waals surface area contributed by atoms with Crippen molar-refractivity contribution < 1.29 is 8.42 Å². The summed E-state index contributed by atoms with van der Waals surface area (Å²) in [7, 11) is 0.250. The predicted octanol–water partition coefficient (Wildman–Crippen LogP) is 3.17. The number of hydrogen-bond acceptors (Lipinski definition) is 3. The van der Waals surface area contributed by atoms with Gasteiger partial charge in [0, 0.05) is 18.1 Å². The third-order valence-electron chi connectivity index (χ3n) is 2.99. The van der Waals surface area contributed by atoms with Crippen LogP contribution in [0.4, 0.5) is 0 Å². The van der Waals surface area contributed by atoms with Gasteiger partial charge >= 0.3 is 0 Å². The fraction of sp³-hybridized carbons (Fsp3) is 0.571. The molecule has 0 amide bonds. The highest BCUT2D eigenvalue weighted by molar-refractivity contribution is 7.89. The van der Waals surface area contributed by atoms with Gasteiger partial charge in [0.2, 0.25) is 10.0 Å². The Kier molecular flexibility index (Phi) is 6.09.